The molecule has 2 N–H and O–H groups in total. The van der Waals surface area contributed by atoms with Crippen LogP contribution in [0.4, 0.5) is 0 Å². The number of nitrogens with zero attached hydrogens (tertiary/aromatic N) is 1. The number of H-pyrrole nitrogens is 1. The summed E-state index contributed by atoms with van der Waals surface area (Å²) in [7, 11) is 1.66. The Morgan fingerprint density at radius 1 is 1.13 bits per heavy atom. The topological polar surface area (TPSA) is 68.4 Å². The first-order valence-electron chi connectivity index (χ1n) is 7.44. The maximum absolute atomic E-state index is 5.39. The van der Waals surface area contributed by atoms with E-state index in [0.29, 0.717) is 13.3 Å². The van der Waals surface area contributed by atoms with Crippen molar-refractivity contribution in [3.8, 4) is 17.2 Å². The molecular weight excluding hydrogens is 294 g/mol. The number of aromatic nitrogens is 2. The van der Waals surface area contributed by atoms with Gasteiger partial charge in [-0.05, 0) is 29.8 Å². The van der Waals surface area contributed by atoms with Gasteiger partial charge in [-0.2, -0.15) is 0 Å². The first kappa shape index (κ1) is 13.9. The Labute approximate surface area is 133 Å². The summed E-state index contributed by atoms with van der Waals surface area (Å²) in [6.07, 6.45) is 0. The van der Waals surface area contributed by atoms with Gasteiger partial charge < -0.3 is 24.5 Å². The number of hydrogen-bond donors (Lipinski definition) is 2. The minimum absolute atomic E-state index is 0.300. The molecule has 0 bridgehead atoms. The smallest absolute Gasteiger partial charge is 0.231 e. The molecule has 0 spiro atoms. The number of benzene rings is 2. The molecule has 3 aromatic rings. The Kier molecular flexibility index (Phi) is 3.51. The lowest BCUT2D eigenvalue weighted by Gasteiger charge is -2.04. The maximum atomic E-state index is 5.39. The number of aromatic amines is 1. The van der Waals surface area contributed by atoms with Gasteiger partial charge in [-0.1, -0.05) is 6.07 Å². The van der Waals surface area contributed by atoms with Crippen LogP contribution in [0.5, 0.6) is 17.2 Å². The second-order valence-corrected chi connectivity index (χ2v) is 5.36. The molecule has 0 atom stereocenters. The van der Waals surface area contributed by atoms with E-state index in [4.69, 9.17) is 14.2 Å². The number of rotatable bonds is 5. The number of ether oxygens (including phenoxy) is 3. The SMILES string of the molecule is COc1ccc2nc(CNCc3ccc4c(c3)OCO4)[nH]c2c1. The molecule has 23 heavy (non-hydrogen) atoms. The highest BCUT2D eigenvalue weighted by Crippen LogP contribution is 2.32. The molecule has 0 amide bonds. The van der Waals surface area contributed by atoms with Crippen LogP contribution in [0.25, 0.3) is 11.0 Å². The van der Waals surface area contributed by atoms with Crippen LogP contribution in [0.1, 0.15) is 11.4 Å². The summed E-state index contributed by atoms with van der Waals surface area (Å²) in [6, 6.07) is 11.8. The number of imidazole rings is 1. The molecule has 2 heterocycles. The van der Waals surface area contributed by atoms with Crippen molar-refractivity contribution >= 4 is 11.0 Å². The molecule has 6 nitrogen and oxygen atoms in total. The van der Waals surface area contributed by atoms with Gasteiger partial charge in [0.1, 0.15) is 11.6 Å². The molecule has 4 rings (SSSR count). The molecule has 0 saturated carbocycles. The van der Waals surface area contributed by atoms with Crippen LogP contribution in [-0.2, 0) is 13.1 Å². The minimum Gasteiger partial charge on any atom is -0.497 e. The predicted octanol–water partition coefficient (Wildman–Crippen LogP) is 2.59. The summed E-state index contributed by atoms with van der Waals surface area (Å²) in [5.74, 6) is 3.33. The first-order chi connectivity index (χ1) is 11.3. The summed E-state index contributed by atoms with van der Waals surface area (Å²) in [5, 5.41) is 3.38. The van der Waals surface area contributed by atoms with E-state index >= 15 is 0 Å². The van der Waals surface area contributed by atoms with E-state index in [1.807, 2.05) is 36.4 Å². The zero-order valence-electron chi connectivity index (χ0n) is 12.8. The third-order valence-corrected chi connectivity index (χ3v) is 3.80. The molecule has 1 aliphatic heterocycles. The lowest BCUT2D eigenvalue weighted by Crippen LogP contribution is -2.13. The fourth-order valence-corrected chi connectivity index (χ4v) is 2.63. The number of fused-ring (bicyclic) bond motifs is 2. The van der Waals surface area contributed by atoms with Crippen molar-refractivity contribution in [1.29, 1.82) is 0 Å². The highest BCUT2D eigenvalue weighted by atomic mass is 16.7. The van der Waals surface area contributed by atoms with E-state index in [0.717, 1.165) is 46.2 Å². The molecule has 0 radical (unpaired) electrons. The van der Waals surface area contributed by atoms with Crippen LogP contribution in [0.15, 0.2) is 36.4 Å². The van der Waals surface area contributed by atoms with Crippen molar-refractivity contribution in [2.75, 3.05) is 13.9 Å². The van der Waals surface area contributed by atoms with Gasteiger partial charge >= 0.3 is 0 Å². The average molecular weight is 311 g/mol. The number of nitrogens with one attached hydrogen (secondary N) is 2. The molecule has 0 fully saturated rings. The maximum Gasteiger partial charge on any atom is 0.231 e. The second-order valence-electron chi connectivity index (χ2n) is 5.36. The van der Waals surface area contributed by atoms with Crippen LogP contribution in [0.2, 0.25) is 0 Å². The predicted molar refractivity (Wildman–Crippen MR) is 85.8 cm³/mol. The molecule has 6 heteroatoms. The molecule has 0 saturated heterocycles. The van der Waals surface area contributed by atoms with Crippen molar-refractivity contribution in [2.24, 2.45) is 0 Å². The monoisotopic (exact) mass is 311 g/mol. The summed E-state index contributed by atoms with van der Waals surface area (Å²) in [5.41, 5.74) is 3.06. The second kappa shape index (κ2) is 5.81. The normalized spacial score (nSPS) is 12.7. The van der Waals surface area contributed by atoms with Gasteiger partial charge in [0.25, 0.3) is 0 Å². The van der Waals surface area contributed by atoms with Crippen molar-refractivity contribution in [1.82, 2.24) is 15.3 Å². The fourth-order valence-electron chi connectivity index (χ4n) is 2.63. The Morgan fingerprint density at radius 3 is 2.96 bits per heavy atom. The lowest BCUT2D eigenvalue weighted by atomic mass is 10.2. The van der Waals surface area contributed by atoms with Crippen LogP contribution in [-0.4, -0.2) is 23.9 Å². The van der Waals surface area contributed by atoms with Crippen LogP contribution >= 0.6 is 0 Å². The fraction of sp³-hybridized carbons (Fsp3) is 0.235. The standard InChI is InChI=1S/C17H17N3O3/c1-21-12-3-4-13-14(7-12)20-17(19-13)9-18-8-11-2-5-15-16(6-11)23-10-22-15/h2-7,18H,8-10H2,1H3,(H,19,20). The Morgan fingerprint density at radius 2 is 2.04 bits per heavy atom. The zero-order valence-corrected chi connectivity index (χ0v) is 12.8. The molecule has 0 aliphatic carbocycles. The third kappa shape index (κ3) is 2.80. The molecule has 1 aromatic heterocycles. The van der Waals surface area contributed by atoms with Crippen molar-refractivity contribution in [2.45, 2.75) is 13.1 Å². The Hall–Kier alpha value is -2.73. The third-order valence-electron chi connectivity index (χ3n) is 3.80. The average Bonchev–Trinajstić information content (AvgIpc) is 3.19. The van der Waals surface area contributed by atoms with Gasteiger partial charge in [0.2, 0.25) is 6.79 Å². The van der Waals surface area contributed by atoms with Crippen LogP contribution in [0.3, 0.4) is 0 Å². The quantitative estimate of drug-likeness (QED) is 0.758. The van der Waals surface area contributed by atoms with E-state index in [9.17, 15) is 0 Å². The van der Waals surface area contributed by atoms with E-state index < -0.39 is 0 Å². The van der Waals surface area contributed by atoms with E-state index in [-0.39, 0.29) is 0 Å². The van der Waals surface area contributed by atoms with E-state index in [1.165, 1.54) is 0 Å². The van der Waals surface area contributed by atoms with Gasteiger partial charge in [-0.3, -0.25) is 0 Å². The summed E-state index contributed by atoms with van der Waals surface area (Å²) in [6.45, 7) is 1.69. The first-order valence-corrected chi connectivity index (χ1v) is 7.44. The van der Waals surface area contributed by atoms with Gasteiger partial charge in [-0.25, -0.2) is 4.98 Å². The highest BCUT2D eigenvalue weighted by Gasteiger charge is 2.13. The number of methoxy groups -OCH3 is 1. The lowest BCUT2D eigenvalue weighted by molar-refractivity contribution is 0.174. The molecule has 0 unspecified atom stereocenters. The van der Waals surface area contributed by atoms with E-state index in [2.05, 4.69) is 15.3 Å². The summed E-state index contributed by atoms with van der Waals surface area (Å²) >= 11 is 0. The van der Waals surface area contributed by atoms with Crippen molar-refractivity contribution in [3.63, 3.8) is 0 Å². The molecule has 2 aromatic carbocycles. The van der Waals surface area contributed by atoms with E-state index in [1.54, 1.807) is 7.11 Å². The highest BCUT2D eigenvalue weighted by molar-refractivity contribution is 5.76. The van der Waals surface area contributed by atoms with Gasteiger partial charge in [-0.15, -0.1) is 0 Å². The minimum atomic E-state index is 0.300. The molecule has 118 valence electrons. The summed E-state index contributed by atoms with van der Waals surface area (Å²) in [4.78, 5) is 7.86. The number of hydrogen-bond acceptors (Lipinski definition) is 5. The van der Waals surface area contributed by atoms with Gasteiger partial charge in [0, 0.05) is 12.6 Å². The Balaban J connectivity index is 1.41. The zero-order chi connectivity index (χ0) is 15.6. The van der Waals surface area contributed by atoms with Gasteiger partial charge in [0.15, 0.2) is 11.5 Å². The summed E-state index contributed by atoms with van der Waals surface area (Å²) < 4.78 is 15.9. The van der Waals surface area contributed by atoms with Crippen LogP contribution in [0, 0.1) is 0 Å². The molecular formula is C17H17N3O3. The van der Waals surface area contributed by atoms with Crippen LogP contribution < -0.4 is 19.5 Å². The Bertz CT molecular complexity index is 844. The largest absolute Gasteiger partial charge is 0.497 e. The molecule has 1 aliphatic rings. The van der Waals surface area contributed by atoms with Crippen molar-refractivity contribution in [3.05, 3.63) is 47.8 Å². The van der Waals surface area contributed by atoms with Gasteiger partial charge in [0.05, 0.1) is 24.7 Å². The van der Waals surface area contributed by atoms with Crippen molar-refractivity contribution < 1.29 is 14.2 Å².